The molecule has 0 heterocycles. The van der Waals surface area contributed by atoms with Gasteiger partial charge in [-0.15, -0.1) is 0 Å². The molecule has 0 aromatic carbocycles. The third-order valence-electron chi connectivity index (χ3n) is 4.69. The number of ether oxygens (including phenoxy) is 2. The highest BCUT2D eigenvalue weighted by molar-refractivity contribution is 6.10. The van der Waals surface area contributed by atoms with Gasteiger partial charge in [0.1, 0.15) is 6.10 Å². The topological polar surface area (TPSA) is 89.9 Å². The van der Waals surface area contributed by atoms with Gasteiger partial charge in [0, 0.05) is 36.5 Å². The number of carbonyl (C=O) groups excluding carboxylic acids is 3. The zero-order valence-electron chi connectivity index (χ0n) is 17.7. The summed E-state index contributed by atoms with van der Waals surface area (Å²) in [7, 11) is 0. The molecule has 6 heteroatoms. The minimum absolute atomic E-state index is 0.0761. The van der Waals surface area contributed by atoms with E-state index in [1.54, 1.807) is 33.8 Å². The Bertz CT molecular complexity index is 775. The van der Waals surface area contributed by atoms with E-state index in [0.29, 0.717) is 28.7 Å². The predicted molar refractivity (Wildman–Crippen MR) is 106 cm³/mol. The molecule has 1 aliphatic rings. The lowest BCUT2D eigenvalue weighted by Crippen LogP contribution is -2.30. The number of esters is 2. The third-order valence-corrected chi connectivity index (χ3v) is 4.69. The Balaban J connectivity index is 3.37. The number of aliphatic hydroxyl groups is 1. The highest BCUT2D eigenvalue weighted by atomic mass is 16.5. The fourth-order valence-corrected chi connectivity index (χ4v) is 2.71. The van der Waals surface area contributed by atoms with Gasteiger partial charge in [0.05, 0.1) is 6.10 Å². The largest absolute Gasteiger partial charge is 0.454 e. The maximum Gasteiger partial charge on any atom is 0.333 e. The Labute approximate surface area is 166 Å². The van der Waals surface area contributed by atoms with Gasteiger partial charge in [0.25, 0.3) is 0 Å². The minimum atomic E-state index is -0.950. The number of Topliss-reactive ketones (excluding diaryl/α,β-unsaturated/α-hetero) is 1. The van der Waals surface area contributed by atoms with E-state index in [1.807, 2.05) is 19.9 Å². The van der Waals surface area contributed by atoms with Gasteiger partial charge in [-0.05, 0) is 47.1 Å². The molecule has 2 atom stereocenters. The molecule has 0 unspecified atom stereocenters. The zero-order chi connectivity index (χ0) is 21.6. The van der Waals surface area contributed by atoms with Gasteiger partial charge >= 0.3 is 11.9 Å². The molecule has 154 valence electrons. The first-order chi connectivity index (χ1) is 13.0. The van der Waals surface area contributed by atoms with Crippen molar-refractivity contribution in [1.29, 1.82) is 0 Å². The lowest BCUT2D eigenvalue weighted by atomic mass is 9.85. The van der Waals surface area contributed by atoms with Crippen molar-refractivity contribution in [3.05, 3.63) is 45.8 Å². The highest BCUT2D eigenvalue weighted by Gasteiger charge is 2.34. The number of allylic oxidation sites excluding steroid dienone is 3. The van der Waals surface area contributed by atoms with E-state index in [4.69, 9.17) is 9.47 Å². The maximum absolute atomic E-state index is 12.9. The number of ketones is 1. The van der Waals surface area contributed by atoms with E-state index < -0.39 is 29.9 Å². The van der Waals surface area contributed by atoms with Crippen molar-refractivity contribution in [3.8, 4) is 0 Å². The van der Waals surface area contributed by atoms with Gasteiger partial charge in [-0.25, -0.2) is 4.79 Å². The van der Waals surface area contributed by atoms with Gasteiger partial charge in [-0.3, -0.25) is 9.59 Å². The molecule has 0 radical (unpaired) electrons. The van der Waals surface area contributed by atoms with E-state index >= 15 is 0 Å². The Morgan fingerprint density at radius 3 is 2.32 bits per heavy atom. The molecule has 0 fully saturated rings. The van der Waals surface area contributed by atoms with Crippen molar-refractivity contribution < 1.29 is 29.0 Å². The summed E-state index contributed by atoms with van der Waals surface area (Å²) in [4.78, 5) is 36.5. The summed E-state index contributed by atoms with van der Waals surface area (Å²) in [6.45, 7) is 11.7. The molecule has 28 heavy (non-hydrogen) atoms. The first-order valence-electron chi connectivity index (χ1n) is 9.28. The quantitative estimate of drug-likeness (QED) is 0.422. The number of aliphatic hydroxyl groups excluding tert-OH is 1. The molecule has 6 nitrogen and oxygen atoms in total. The van der Waals surface area contributed by atoms with Crippen LogP contribution in [0.5, 0.6) is 0 Å². The van der Waals surface area contributed by atoms with Gasteiger partial charge in [0.2, 0.25) is 5.78 Å². The Hall–Kier alpha value is -2.47. The van der Waals surface area contributed by atoms with Gasteiger partial charge in [-0.1, -0.05) is 17.7 Å². The van der Waals surface area contributed by atoms with E-state index in [9.17, 15) is 19.5 Å². The van der Waals surface area contributed by atoms with Crippen LogP contribution in [0.3, 0.4) is 0 Å². The maximum atomic E-state index is 12.9. The van der Waals surface area contributed by atoms with Crippen LogP contribution in [0.2, 0.25) is 0 Å². The number of carbonyl (C=O) groups is 3. The van der Waals surface area contributed by atoms with Crippen LogP contribution in [0.15, 0.2) is 45.8 Å². The molecule has 0 spiro atoms. The summed E-state index contributed by atoms with van der Waals surface area (Å²) in [5.41, 5.74) is 2.67. The lowest BCUT2D eigenvalue weighted by Gasteiger charge is -2.27. The van der Waals surface area contributed by atoms with Crippen LogP contribution < -0.4 is 0 Å². The summed E-state index contributed by atoms with van der Waals surface area (Å²) in [6.07, 6.45) is 2.44. The second kappa shape index (κ2) is 10.2. The third kappa shape index (κ3) is 6.02. The first kappa shape index (κ1) is 23.6. The van der Waals surface area contributed by atoms with Crippen LogP contribution in [0.4, 0.5) is 0 Å². The second-order valence-corrected chi connectivity index (χ2v) is 7.20. The molecule has 0 saturated carbocycles. The fourth-order valence-electron chi connectivity index (χ4n) is 2.71. The fraction of sp³-hybridized carbons (Fsp3) is 0.500. The predicted octanol–water partition coefficient (Wildman–Crippen LogP) is 3.71. The average Bonchev–Trinajstić information content (AvgIpc) is 2.63. The molecule has 0 amide bonds. The molecule has 0 bridgehead atoms. The first-order valence-corrected chi connectivity index (χ1v) is 9.28. The summed E-state index contributed by atoms with van der Waals surface area (Å²) < 4.78 is 10.7. The molecular formula is C22H30O6. The lowest BCUT2D eigenvalue weighted by molar-refractivity contribution is -0.142. The molecule has 1 aliphatic carbocycles. The van der Waals surface area contributed by atoms with Gasteiger partial charge in [-0.2, -0.15) is 0 Å². The second-order valence-electron chi connectivity index (χ2n) is 7.20. The van der Waals surface area contributed by atoms with Gasteiger partial charge in [0.15, 0.2) is 5.76 Å². The highest BCUT2D eigenvalue weighted by Crippen LogP contribution is 2.31. The van der Waals surface area contributed by atoms with Crippen molar-refractivity contribution in [1.82, 2.24) is 0 Å². The molecule has 0 aromatic rings. The van der Waals surface area contributed by atoms with E-state index in [0.717, 1.165) is 5.57 Å². The monoisotopic (exact) mass is 390 g/mol. The molecule has 1 rings (SSSR count). The summed E-state index contributed by atoms with van der Waals surface area (Å²) >= 11 is 0. The van der Waals surface area contributed by atoms with Gasteiger partial charge < -0.3 is 14.6 Å². The summed E-state index contributed by atoms with van der Waals surface area (Å²) in [5, 5.41) is 10.3. The summed E-state index contributed by atoms with van der Waals surface area (Å²) in [5.74, 6) is -1.72. The number of hydrogen-bond acceptors (Lipinski definition) is 6. The molecule has 0 saturated heterocycles. The molecular weight excluding hydrogens is 360 g/mol. The molecule has 0 aromatic heterocycles. The normalized spacial score (nSPS) is 20.5. The van der Waals surface area contributed by atoms with Crippen LogP contribution in [0.25, 0.3) is 0 Å². The molecule has 1 N–H and O–H groups in total. The van der Waals surface area contributed by atoms with E-state index in [2.05, 4.69) is 0 Å². The van der Waals surface area contributed by atoms with Crippen LogP contribution in [0, 0.1) is 0 Å². The standard InChI is InChI=1S/C22H30O6/c1-8-13(4)22(26)28-19(10-9-12(2)3)14(5)17-11-18(24)15(6)21(20(17)25)27-16(7)23/h8-9,18-19,24H,10-11H2,1-7H3/b13-8-,17-14+/t18-,19+/m1/s1. The van der Waals surface area contributed by atoms with Crippen LogP contribution in [0.1, 0.15) is 61.3 Å². The average molecular weight is 390 g/mol. The van der Waals surface area contributed by atoms with Crippen molar-refractivity contribution in [3.63, 3.8) is 0 Å². The number of hydrogen-bond donors (Lipinski definition) is 1. The Morgan fingerprint density at radius 1 is 1.21 bits per heavy atom. The van der Waals surface area contributed by atoms with Crippen molar-refractivity contribution in [2.75, 3.05) is 0 Å². The van der Waals surface area contributed by atoms with Crippen molar-refractivity contribution >= 4 is 17.7 Å². The summed E-state index contributed by atoms with van der Waals surface area (Å²) in [6, 6.07) is 0. The van der Waals surface area contributed by atoms with Crippen molar-refractivity contribution in [2.45, 2.75) is 73.5 Å². The Kier molecular flexibility index (Phi) is 8.57. The van der Waals surface area contributed by atoms with Crippen LogP contribution in [-0.4, -0.2) is 35.0 Å². The molecule has 0 aliphatic heterocycles. The Morgan fingerprint density at radius 2 is 1.82 bits per heavy atom. The van der Waals surface area contributed by atoms with Crippen LogP contribution >= 0.6 is 0 Å². The zero-order valence-corrected chi connectivity index (χ0v) is 17.7. The van der Waals surface area contributed by atoms with Crippen molar-refractivity contribution in [2.24, 2.45) is 0 Å². The van der Waals surface area contributed by atoms with E-state index in [-0.39, 0.29) is 12.2 Å². The SMILES string of the molecule is C/C=C(/C)C(=O)O[C@@H](CC=C(C)C)/C(C)=C1\C[C@@H](O)C(C)=C(OC(C)=O)C1=O. The smallest absolute Gasteiger partial charge is 0.333 e. The van der Waals surface area contributed by atoms with Crippen LogP contribution in [-0.2, 0) is 23.9 Å². The number of rotatable bonds is 6. The minimum Gasteiger partial charge on any atom is -0.454 e. The van der Waals surface area contributed by atoms with E-state index in [1.165, 1.54) is 6.92 Å².